The molecule has 18 heavy (non-hydrogen) atoms. The fourth-order valence-electron chi connectivity index (χ4n) is 3.73. The third kappa shape index (κ3) is 2.32. The highest BCUT2D eigenvalue weighted by Crippen LogP contribution is 2.41. The summed E-state index contributed by atoms with van der Waals surface area (Å²) >= 11 is 0. The number of hydrogen-bond donors (Lipinski definition) is 1. The molecule has 3 unspecified atom stereocenters. The number of hydrogen-bond acceptors (Lipinski definition) is 2. The molecule has 2 aliphatic rings. The molecule has 1 aliphatic carbocycles. The van der Waals surface area contributed by atoms with E-state index in [-0.39, 0.29) is 0 Å². The first-order chi connectivity index (χ1) is 8.88. The average Bonchev–Trinajstić information content (AvgIpc) is 3.03. The Labute approximate surface area is 110 Å². The van der Waals surface area contributed by atoms with E-state index in [0.717, 1.165) is 25.0 Å². The standard InChI is InChI=1S/C16H24N2/c1-2-17-11-16(14-6-4-3-5-7-14)18-12-13-8-9-15(18)10-13/h3-7,13,15-17H,2,8-12H2,1H3. The maximum atomic E-state index is 3.54. The number of rotatable bonds is 5. The van der Waals surface area contributed by atoms with Gasteiger partial charge in [-0.2, -0.15) is 0 Å². The monoisotopic (exact) mass is 244 g/mol. The van der Waals surface area contributed by atoms with E-state index in [1.54, 1.807) is 0 Å². The van der Waals surface area contributed by atoms with E-state index in [9.17, 15) is 0 Å². The van der Waals surface area contributed by atoms with Crippen LogP contribution in [-0.4, -0.2) is 30.6 Å². The Morgan fingerprint density at radius 1 is 1.28 bits per heavy atom. The van der Waals surface area contributed by atoms with E-state index in [0.29, 0.717) is 6.04 Å². The van der Waals surface area contributed by atoms with Gasteiger partial charge in [0.1, 0.15) is 0 Å². The average molecular weight is 244 g/mol. The number of nitrogens with one attached hydrogen (secondary N) is 1. The van der Waals surface area contributed by atoms with Gasteiger partial charge < -0.3 is 5.32 Å². The number of benzene rings is 1. The van der Waals surface area contributed by atoms with Crippen LogP contribution < -0.4 is 5.32 Å². The van der Waals surface area contributed by atoms with Gasteiger partial charge in [0, 0.05) is 25.2 Å². The van der Waals surface area contributed by atoms with Gasteiger partial charge in [-0.15, -0.1) is 0 Å². The Bertz CT molecular complexity index is 376. The molecule has 0 spiro atoms. The van der Waals surface area contributed by atoms with Gasteiger partial charge >= 0.3 is 0 Å². The molecule has 1 N–H and O–H groups in total. The summed E-state index contributed by atoms with van der Waals surface area (Å²) in [5, 5.41) is 3.54. The van der Waals surface area contributed by atoms with Gasteiger partial charge in [0.25, 0.3) is 0 Å². The summed E-state index contributed by atoms with van der Waals surface area (Å²) in [6.45, 7) is 5.66. The summed E-state index contributed by atoms with van der Waals surface area (Å²) < 4.78 is 0. The number of fused-ring (bicyclic) bond motifs is 2. The van der Waals surface area contributed by atoms with Gasteiger partial charge in [-0.25, -0.2) is 0 Å². The molecule has 2 bridgehead atoms. The second-order valence-electron chi connectivity index (χ2n) is 5.76. The van der Waals surface area contributed by atoms with Crippen molar-refractivity contribution >= 4 is 0 Å². The molecule has 0 aromatic heterocycles. The van der Waals surface area contributed by atoms with Gasteiger partial charge in [-0.05, 0) is 37.3 Å². The van der Waals surface area contributed by atoms with Gasteiger partial charge in [-0.1, -0.05) is 37.3 Å². The third-order valence-corrected chi connectivity index (χ3v) is 4.62. The van der Waals surface area contributed by atoms with Crippen LogP contribution in [0.15, 0.2) is 30.3 Å². The number of likely N-dealkylation sites (tertiary alicyclic amines) is 1. The predicted molar refractivity (Wildman–Crippen MR) is 75.6 cm³/mol. The zero-order valence-corrected chi connectivity index (χ0v) is 11.3. The fourth-order valence-corrected chi connectivity index (χ4v) is 3.73. The summed E-state index contributed by atoms with van der Waals surface area (Å²) in [5.74, 6) is 0.975. The molecule has 1 heterocycles. The molecule has 2 fully saturated rings. The Hall–Kier alpha value is -0.860. The molecule has 1 saturated heterocycles. The lowest BCUT2D eigenvalue weighted by molar-refractivity contribution is 0.147. The summed E-state index contributed by atoms with van der Waals surface area (Å²) in [5.41, 5.74) is 1.48. The summed E-state index contributed by atoms with van der Waals surface area (Å²) in [6.07, 6.45) is 4.32. The molecule has 1 saturated carbocycles. The van der Waals surface area contributed by atoms with Crippen molar-refractivity contribution in [1.29, 1.82) is 0 Å². The second-order valence-corrected chi connectivity index (χ2v) is 5.76. The highest BCUT2D eigenvalue weighted by Gasteiger charge is 2.41. The van der Waals surface area contributed by atoms with Crippen molar-refractivity contribution in [2.45, 2.75) is 38.3 Å². The highest BCUT2D eigenvalue weighted by atomic mass is 15.2. The van der Waals surface area contributed by atoms with Crippen LogP contribution in [0.2, 0.25) is 0 Å². The van der Waals surface area contributed by atoms with Gasteiger partial charge in [0.05, 0.1) is 0 Å². The van der Waals surface area contributed by atoms with Crippen molar-refractivity contribution in [2.24, 2.45) is 5.92 Å². The van der Waals surface area contributed by atoms with Crippen LogP contribution in [0.4, 0.5) is 0 Å². The first-order valence-electron chi connectivity index (χ1n) is 7.40. The Morgan fingerprint density at radius 3 is 2.72 bits per heavy atom. The quantitative estimate of drug-likeness (QED) is 0.857. The fraction of sp³-hybridized carbons (Fsp3) is 0.625. The minimum Gasteiger partial charge on any atom is -0.315 e. The van der Waals surface area contributed by atoms with Crippen LogP contribution in [0.1, 0.15) is 37.8 Å². The van der Waals surface area contributed by atoms with E-state index in [4.69, 9.17) is 0 Å². The van der Waals surface area contributed by atoms with Crippen molar-refractivity contribution < 1.29 is 0 Å². The first kappa shape index (κ1) is 12.2. The Morgan fingerprint density at radius 2 is 2.11 bits per heavy atom. The Balaban J connectivity index is 1.77. The number of piperidine rings is 1. The van der Waals surface area contributed by atoms with Gasteiger partial charge in [0.15, 0.2) is 0 Å². The molecular weight excluding hydrogens is 220 g/mol. The maximum absolute atomic E-state index is 3.54. The van der Waals surface area contributed by atoms with Crippen LogP contribution in [-0.2, 0) is 0 Å². The molecule has 0 amide bonds. The van der Waals surface area contributed by atoms with E-state index < -0.39 is 0 Å². The molecule has 0 radical (unpaired) electrons. The molecule has 1 aromatic rings. The molecule has 3 rings (SSSR count). The zero-order chi connectivity index (χ0) is 12.4. The SMILES string of the molecule is CCNCC(c1ccccc1)N1CC2CCC1C2. The summed E-state index contributed by atoms with van der Waals surface area (Å²) in [6, 6.07) is 12.4. The Kier molecular flexibility index (Phi) is 3.67. The van der Waals surface area contributed by atoms with E-state index in [1.165, 1.54) is 31.4 Å². The van der Waals surface area contributed by atoms with Crippen molar-refractivity contribution in [3.63, 3.8) is 0 Å². The van der Waals surface area contributed by atoms with Crippen LogP contribution in [0, 0.1) is 5.92 Å². The minimum absolute atomic E-state index is 0.571. The molecule has 1 aliphatic heterocycles. The van der Waals surface area contributed by atoms with E-state index in [2.05, 4.69) is 47.5 Å². The van der Waals surface area contributed by atoms with Crippen molar-refractivity contribution in [2.75, 3.05) is 19.6 Å². The molecule has 2 nitrogen and oxygen atoms in total. The summed E-state index contributed by atoms with van der Waals surface area (Å²) in [7, 11) is 0. The predicted octanol–water partition coefficient (Wildman–Crippen LogP) is 2.82. The maximum Gasteiger partial charge on any atom is 0.0475 e. The van der Waals surface area contributed by atoms with E-state index in [1.807, 2.05) is 0 Å². The van der Waals surface area contributed by atoms with Gasteiger partial charge in [-0.3, -0.25) is 4.90 Å². The summed E-state index contributed by atoms with van der Waals surface area (Å²) in [4.78, 5) is 2.76. The van der Waals surface area contributed by atoms with Crippen molar-refractivity contribution in [1.82, 2.24) is 10.2 Å². The first-order valence-corrected chi connectivity index (χ1v) is 7.40. The third-order valence-electron chi connectivity index (χ3n) is 4.62. The van der Waals surface area contributed by atoms with Crippen LogP contribution >= 0.6 is 0 Å². The highest BCUT2D eigenvalue weighted by molar-refractivity contribution is 5.20. The van der Waals surface area contributed by atoms with E-state index >= 15 is 0 Å². The lowest BCUT2D eigenvalue weighted by atomic mass is 10.0. The van der Waals surface area contributed by atoms with Crippen LogP contribution in [0.25, 0.3) is 0 Å². The van der Waals surface area contributed by atoms with Crippen molar-refractivity contribution in [3.8, 4) is 0 Å². The number of nitrogens with zero attached hydrogens (tertiary/aromatic N) is 1. The van der Waals surface area contributed by atoms with Crippen molar-refractivity contribution in [3.05, 3.63) is 35.9 Å². The number of likely N-dealkylation sites (N-methyl/N-ethyl adjacent to an activating group) is 1. The molecule has 2 heteroatoms. The zero-order valence-electron chi connectivity index (χ0n) is 11.3. The topological polar surface area (TPSA) is 15.3 Å². The molecule has 98 valence electrons. The molecule has 3 atom stereocenters. The largest absolute Gasteiger partial charge is 0.315 e. The second kappa shape index (κ2) is 5.41. The van der Waals surface area contributed by atoms with Gasteiger partial charge in [0.2, 0.25) is 0 Å². The lowest BCUT2D eigenvalue weighted by Gasteiger charge is -2.35. The molecular formula is C16H24N2. The normalized spacial score (nSPS) is 28.7. The molecule has 1 aromatic carbocycles. The minimum atomic E-state index is 0.571. The lowest BCUT2D eigenvalue weighted by Crippen LogP contribution is -2.40. The van der Waals surface area contributed by atoms with Crippen LogP contribution in [0.5, 0.6) is 0 Å². The van der Waals surface area contributed by atoms with Crippen LogP contribution in [0.3, 0.4) is 0 Å². The smallest absolute Gasteiger partial charge is 0.0475 e.